The molecule has 0 bridgehead atoms. The molecule has 1 unspecified atom stereocenters. The van der Waals surface area contributed by atoms with Gasteiger partial charge < -0.3 is 16.4 Å². The van der Waals surface area contributed by atoms with Crippen molar-refractivity contribution in [3.8, 4) is 0 Å². The summed E-state index contributed by atoms with van der Waals surface area (Å²) >= 11 is 0. The van der Waals surface area contributed by atoms with Crippen molar-refractivity contribution < 1.29 is 9.59 Å². The van der Waals surface area contributed by atoms with E-state index >= 15 is 0 Å². The van der Waals surface area contributed by atoms with Gasteiger partial charge in [-0.2, -0.15) is 0 Å². The van der Waals surface area contributed by atoms with E-state index in [1.165, 1.54) is 0 Å². The van der Waals surface area contributed by atoms with E-state index in [9.17, 15) is 9.59 Å². The Hall–Kier alpha value is -1.14. The number of primary amides is 1. The SMILES string of the molecule is CC(C)CCNC(=O)CN1CCNCC1C(N)=O. The first-order valence-electron chi connectivity index (χ1n) is 6.51. The van der Waals surface area contributed by atoms with E-state index < -0.39 is 0 Å². The van der Waals surface area contributed by atoms with E-state index in [-0.39, 0.29) is 24.4 Å². The Bertz CT molecular complexity index is 294. The van der Waals surface area contributed by atoms with Crippen LogP contribution in [0.2, 0.25) is 0 Å². The number of amides is 2. The molecule has 1 atom stereocenters. The minimum Gasteiger partial charge on any atom is -0.368 e. The highest BCUT2D eigenvalue weighted by Gasteiger charge is 2.27. The zero-order valence-corrected chi connectivity index (χ0v) is 11.2. The van der Waals surface area contributed by atoms with Gasteiger partial charge in [0.05, 0.1) is 6.54 Å². The third-order valence-electron chi connectivity index (χ3n) is 3.07. The van der Waals surface area contributed by atoms with Gasteiger partial charge in [0.25, 0.3) is 0 Å². The second-order valence-corrected chi connectivity index (χ2v) is 5.13. The van der Waals surface area contributed by atoms with Gasteiger partial charge >= 0.3 is 0 Å². The molecule has 0 spiro atoms. The van der Waals surface area contributed by atoms with Crippen LogP contribution in [0, 0.1) is 5.92 Å². The molecular formula is C12H24N4O2. The molecule has 1 aliphatic rings. The van der Waals surface area contributed by atoms with Crippen molar-refractivity contribution in [2.24, 2.45) is 11.7 Å². The molecule has 0 radical (unpaired) electrons. The number of nitrogens with one attached hydrogen (secondary N) is 2. The molecule has 1 aliphatic heterocycles. The van der Waals surface area contributed by atoms with Gasteiger partial charge in [0.2, 0.25) is 11.8 Å². The summed E-state index contributed by atoms with van der Waals surface area (Å²) in [4.78, 5) is 24.8. The molecule has 4 N–H and O–H groups in total. The highest BCUT2D eigenvalue weighted by atomic mass is 16.2. The van der Waals surface area contributed by atoms with Crippen molar-refractivity contribution in [1.29, 1.82) is 0 Å². The largest absolute Gasteiger partial charge is 0.368 e. The van der Waals surface area contributed by atoms with Gasteiger partial charge in [0.1, 0.15) is 6.04 Å². The maximum Gasteiger partial charge on any atom is 0.236 e. The van der Waals surface area contributed by atoms with E-state index in [1.807, 2.05) is 4.90 Å². The molecule has 104 valence electrons. The molecule has 0 aromatic heterocycles. The highest BCUT2D eigenvalue weighted by Crippen LogP contribution is 2.02. The van der Waals surface area contributed by atoms with Crippen molar-refractivity contribution in [3.63, 3.8) is 0 Å². The van der Waals surface area contributed by atoms with Gasteiger partial charge in [-0.3, -0.25) is 14.5 Å². The summed E-state index contributed by atoms with van der Waals surface area (Å²) in [5.41, 5.74) is 5.32. The van der Waals surface area contributed by atoms with Crippen LogP contribution in [0.15, 0.2) is 0 Å². The Labute approximate surface area is 108 Å². The molecule has 0 aliphatic carbocycles. The fourth-order valence-corrected chi connectivity index (χ4v) is 1.96. The molecule has 0 saturated carbocycles. The summed E-state index contributed by atoms with van der Waals surface area (Å²) in [7, 11) is 0. The fraction of sp³-hybridized carbons (Fsp3) is 0.833. The number of piperazine rings is 1. The predicted molar refractivity (Wildman–Crippen MR) is 69.9 cm³/mol. The zero-order chi connectivity index (χ0) is 13.5. The van der Waals surface area contributed by atoms with Crippen LogP contribution >= 0.6 is 0 Å². The smallest absolute Gasteiger partial charge is 0.236 e. The molecule has 18 heavy (non-hydrogen) atoms. The number of carbonyl (C=O) groups is 2. The van der Waals surface area contributed by atoms with Crippen molar-refractivity contribution in [3.05, 3.63) is 0 Å². The van der Waals surface area contributed by atoms with E-state index in [2.05, 4.69) is 24.5 Å². The lowest BCUT2D eigenvalue weighted by atomic mass is 10.1. The predicted octanol–water partition coefficient (Wildman–Crippen LogP) is -1.09. The minimum atomic E-state index is -0.380. The Morgan fingerprint density at radius 1 is 1.50 bits per heavy atom. The quantitative estimate of drug-likeness (QED) is 0.563. The van der Waals surface area contributed by atoms with Gasteiger partial charge in [0, 0.05) is 26.2 Å². The number of rotatable bonds is 6. The number of hydrogen-bond acceptors (Lipinski definition) is 4. The number of carbonyl (C=O) groups excluding carboxylic acids is 2. The number of hydrogen-bond donors (Lipinski definition) is 3. The standard InChI is InChI=1S/C12H24N4O2/c1-9(2)3-4-15-11(17)8-16-6-5-14-7-10(16)12(13)18/h9-10,14H,3-8H2,1-2H3,(H2,13,18)(H,15,17). The van der Waals surface area contributed by atoms with Crippen LogP contribution < -0.4 is 16.4 Å². The monoisotopic (exact) mass is 256 g/mol. The fourth-order valence-electron chi connectivity index (χ4n) is 1.96. The average molecular weight is 256 g/mol. The van der Waals surface area contributed by atoms with Crippen LogP contribution in [0.25, 0.3) is 0 Å². The molecule has 6 heteroatoms. The third kappa shape index (κ3) is 5.01. The summed E-state index contributed by atoms with van der Waals surface area (Å²) in [6, 6.07) is -0.380. The first-order chi connectivity index (χ1) is 8.50. The summed E-state index contributed by atoms with van der Waals surface area (Å²) in [6.07, 6.45) is 0.965. The van der Waals surface area contributed by atoms with Crippen LogP contribution in [-0.2, 0) is 9.59 Å². The van der Waals surface area contributed by atoms with Gasteiger partial charge in [-0.15, -0.1) is 0 Å². The van der Waals surface area contributed by atoms with Crippen molar-refractivity contribution in [2.45, 2.75) is 26.3 Å². The van der Waals surface area contributed by atoms with Crippen LogP contribution in [-0.4, -0.2) is 55.5 Å². The Morgan fingerprint density at radius 2 is 2.22 bits per heavy atom. The van der Waals surface area contributed by atoms with E-state index in [0.717, 1.165) is 13.0 Å². The normalized spacial score (nSPS) is 20.9. The molecule has 0 aromatic rings. The first-order valence-corrected chi connectivity index (χ1v) is 6.51. The maximum absolute atomic E-state index is 11.7. The van der Waals surface area contributed by atoms with Gasteiger partial charge in [-0.1, -0.05) is 13.8 Å². The maximum atomic E-state index is 11.7. The van der Waals surface area contributed by atoms with Crippen molar-refractivity contribution in [2.75, 3.05) is 32.7 Å². The molecular weight excluding hydrogens is 232 g/mol. The topological polar surface area (TPSA) is 87.5 Å². The molecule has 1 heterocycles. The van der Waals surface area contributed by atoms with E-state index in [1.54, 1.807) is 0 Å². The molecule has 2 amide bonds. The van der Waals surface area contributed by atoms with Crippen LogP contribution in [0.1, 0.15) is 20.3 Å². The third-order valence-corrected chi connectivity index (χ3v) is 3.07. The van der Waals surface area contributed by atoms with Crippen molar-refractivity contribution >= 4 is 11.8 Å². The molecule has 0 aromatic carbocycles. The van der Waals surface area contributed by atoms with Crippen LogP contribution in [0.5, 0.6) is 0 Å². The van der Waals surface area contributed by atoms with Gasteiger partial charge in [-0.05, 0) is 12.3 Å². The second-order valence-electron chi connectivity index (χ2n) is 5.13. The summed E-state index contributed by atoms with van der Waals surface area (Å²) in [6.45, 7) is 7.14. The average Bonchev–Trinajstić information content (AvgIpc) is 2.28. The zero-order valence-electron chi connectivity index (χ0n) is 11.2. The summed E-state index contributed by atoms with van der Waals surface area (Å²) in [5.74, 6) is 0.156. The lowest BCUT2D eigenvalue weighted by Crippen LogP contribution is -2.58. The second kappa shape index (κ2) is 7.33. The number of nitrogens with zero attached hydrogens (tertiary/aromatic N) is 1. The molecule has 1 rings (SSSR count). The first kappa shape index (κ1) is 14.9. The lowest BCUT2D eigenvalue weighted by Gasteiger charge is -2.33. The van der Waals surface area contributed by atoms with Crippen LogP contribution in [0.4, 0.5) is 0 Å². The molecule has 6 nitrogen and oxygen atoms in total. The lowest BCUT2D eigenvalue weighted by molar-refractivity contribution is -0.127. The van der Waals surface area contributed by atoms with E-state index in [0.29, 0.717) is 25.6 Å². The minimum absolute atomic E-state index is 0.0381. The Kier molecular flexibility index (Phi) is 6.07. The molecule has 1 saturated heterocycles. The Balaban J connectivity index is 2.34. The van der Waals surface area contributed by atoms with Gasteiger partial charge in [0.15, 0.2) is 0 Å². The number of nitrogens with two attached hydrogens (primary N) is 1. The Morgan fingerprint density at radius 3 is 2.83 bits per heavy atom. The van der Waals surface area contributed by atoms with Crippen molar-refractivity contribution in [1.82, 2.24) is 15.5 Å². The summed E-state index contributed by atoms with van der Waals surface area (Å²) in [5, 5.41) is 5.97. The van der Waals surface area contributed by atoms with Crippen LogP contribution in [0.3, 0.4) is 0 Å². The van der Waals surface area contributed by atoms with E-state index in [4.69, 9.17) is 5.73 Å². The summed E-state index contributed by atoms with van der Waals surface area (Å²) < 4.78 is 0. The molecule has 1 fully saturated rings. The van der Waals surface area contributed by atoms with Gasteiger partial charge in [-0.25, -0.2) is 0 Å². The highest BCUT2D eigenvalue weighted by molar-refractivity contribution is 5.82.